The van der Waals surface area contributed by atoms with Gasteiger partial charge in [-0.05, 0) is 33.5 Å². The van der Waals surface area contributed by atoms with Crippen LogP contribution in [0.15, 0.2) is 34.9 Å². The summed E-state index contributed by atoms with van der Waals surface area (Å²) in [7, 11) is 2.01. The topological polar surface area (TPSA) is 33.1 Å². The molecule has 0 amide bonds. The van der Waals surface area contributed by atoms with Gasteiger partial charge in [-0.3, -0.25) is 9.58 Å². The van der Waals surface area contributed by atoms with Crippen molar-refractivity contribution < 1.29 is 0 Å². The lowest BCUT2D eigenvalue weighted by molar-refractivity contribution is 0.149. The summed E-state index contributed by atoms with van der Waals surface area (Å²) in [5.41, 5.74) is 4.02. The van der Waals surface area contributed by atoms with Gasteiger partial charge in [0.05, 0.1) is 16.4 Å². The standard InChI is InChI=1S/C17H23BrN4/c1-3-13-4-6-14(7-5-13)16-11-19-8-9-22(16)12-17-15(18)10-20-21(17)2/h4-7,10,16,19H,3,8-9,11-12H2,1-2H3. The Kier molecular flexibility index (Phi) is 4.96. The summed E-state index contributed by atoms with van der Waals surface area (Å²) in [5, 5.41) is 7.85. The van der Waals surface area contributed by atoms with Gasteiger partial charge in [0, 0.05) is 39.3 Å². The fourth-order valence-corrected chi connectivity index (χ4v) is 3.52. The van der Waals surface area contributed by atoms with Gasteiger partial charge in [0.15, 0.2) is 0 Å². The van der Waals surface area contributed by atoms with Crippen LogP contribution in [0.4, 0.5) is 0 Å². The van der Waals surface area contributed by atoms with Crippen LogP contribution in [0.2, 0.25) is 0 Å². The molecule has 118 valence electrons. The van der Waals surface area contributed by atoms with Crippen molar-refractivity contribution in [3.05, 3.63) is 51.8 Å². The van der Waals surface area contributed by atoms with Crippen LogP contribution >= 0.6 is 15.9 Å². The predicted molar refractivity (Wildman–Crippen MR) is 92.7 cm³/mol. The lowest BCUT2D eigenvalue weighted by atomic mass is 10.0. The molecule has 2 aromatic rings. The molecule has 4 nitrogen and oxygen atoms in total. The van der Waals surface area contributed by atoms with E-state index in [1.54, 1.807) is 0 Å². The summed E-state index contributed by atoms with van der Waals surface area (Å²) in [6.45, 7) is 6.21. The zero-order valence-electron chi connectivity index (χ0n) is 13.2. The second kappa shape index (κ2) is 6.94. The minimum Gasteiger partial charge on any atom is -0.314 e. The van der Waals surface area contributed by atoms with Gasteiger partial charge in [-0.1, -0.05) is 31.2 Å². The van der Waals surface area contributed by atoms with Crippen molar-refractivity contribution >= 4 is 15.9 Å². The Morgan fingerprint density at radius 3 is 2.73 bits per heavy atom. The highest BCUT2D eigenvalue weighted by Gasteiger charge is 2.25. The Balaban J connectivity index is 1.81. The molecule has 0 aliphatic carbocycles. The summed E-state index contributed by atoms with van der Waals surface area (Å²) in [4.78, 5) is 2.54. The van der Waals surface area contributed by atoms with E-state index in [2.05, 4.69) is 62.4 Å². The second-order valence-corrected chi connectivity index (χ2v) is 6.70. The lowest BCUT2D eigenvalue weighted by Crippen LogP contribution is -2.45. The number of hydrogen-bond acceptors (Lipinski definition) is 3. The first-order valence-corrected chi connectivity index (χ1v) is 8.68. The number of rotatable bonds is 4. The Hall–Kier alpha value is -1.17. The monoisotopic (exact) mass is 362 g/mol. The molecule has 5 heteroatoms. The minimum atomic E-state index is 0.418. The molecule has 1 unspecified atom stereocenters. The van der Waals surface area contributed by atoms with E-state index >= 15 is 0 Å². The molecule has 1 aromatic heterocycles. The van der Waals surface area contributed by atoms with Crippen LogP contribution < -0.4 is 5.32 Å². The summed E-state index contributed by atoms with van der Waals surface area (Å²) in [6.07, 6.45) is 2.97. The highest BCUT2D eigenvalue weighted by molar-refractivity contribution is 9.10. The van der Waals surface area contributed by atoms with Crippen LogP contribution in [-0.2, 0) is 20.0 Å². The third-order valence-corrected chi connectivity index (χ3v) is 5.15. The highest BCUT2D eigenvalue weighted by atomic mass is 79.9. The van der Waals surface area contributed by atoms with Gasteiger partial charge in [-0.2, -0.15) is 5.10 Å². The van der Waals surface area contributed by atoms with Crippen molar-refractivity contribution in [2.24, 2.45) is 7.05 Å². The zero-order chi connectivity index (χ0) is 15.5. The van der Waals surface area contributed by atoms with Crippen LogP contribution in [0.3, 0.4) is 0 Å². The van der Waals surface area contributed by atoms with Crippen molar-refractivity contribution in [3.8, 4) is 0 Å². The largest absolute Gasteiger partial charge is 0.314 e. The van der Waals surface area contributed by atoms with Gasteiger partial charge in [0.25, 0.3) is 0 Å². The number of nitrogens with zero attached hydrogens (tertiary/aromatic N) is 3. The summed E-state index contributed by atoms with van der Waals surface area (Å²) in [6, 6.07) is 9.48. The molecule has 22 heavy (non-hydrogen) atoms. The van der Waals surface area contributed by atoms with Crippen molar-refractivity contribution in [1.82, 2.24) is 20.0 Å². The Labute approximate surface area is 140 Å². The van der Waals surface area contributed by atoms with E-state index < -0.39 is 0 Å². The third-order valence-electron chi connectivity index (χ3n) is 4.49. The van der Waals surface area contributed by atoms with Gasteiger partial charge >= 0.3 is 0 Å². The maximum Gasteiger partial charge on any atom is 0.0663 e. The van der Waals surface area contributed by atoms with Crippen molar-refractivity contribution in [2.75, 3.05) is 19.6 Å². The fraction of sp³-hybridized carbons (Fsp3) is 0.471. The number of benzene rings is 1. The molecule has 1 fully saturated rings. The van der Waals surface area contributed by atoms with E-state index in [0.29, 0.717) is 6.04 Å². The number of nitrogens with one attached hydrogen (secondary N) is 1. The first-order chi connectivity index (χ1) is 10.7. The Morgan fingerprint density at radius 2 is 2.09 bits per heavy atom. The first kappa shape index (κ1) is 15.7. The van der Waals surface area contributed by atoms with Gasteiger partial charge in [-0.25, -0.2) is 0 Å². The number of piperazine rings is 1. The van der Waals surface area contributed by atoms with Crippen molar-refractivity contribution in [1.29, 1.82) is 0 Å². The predicted octanol–water partition coefficient (Wildman–Crippen LogP) is 2.89. The number of halogens is 1. The molecular weight excluding hydrogens is 340 g/mol. The van der Waals surface area contributed by atoms with Gasteiger partial charge in [-0.15, -0.1) is 0 Å². The Morgan fingerprint density at radius 1 is 1.32 bits per heavy atom. The molecular formula is C17H23BrN4. The molecule has 1 atom stereocenters. The summed E-state index contributed by atoms with van der Waals surface area (Å²) < 4.78 is 3.05. The normalized spacial score (nSPS) is 19.5. The van der Waals surface area contributed by atoms with Gasteiger partial charge in [0.1, 0.15) is 0 Å². The second-order valence-electron chi connectivity index (χ2n) is 5.85. The minimum absolute atomic E-state index is 0.418. The molecule has 1 N–H and O–H groups in total. The SMILES string of the molecule is CCc1ccc(C2CNCCN2Cc2c(Br)cnn2C)cc1. The smallest absolute Gasteiger partial charge is 0.0663 e. The van der Waals surface area contributed by atoms with Gasteiger partial charge < -0.3 is 5.32 Å². The molecule has 0 bridgehead atoms. The highest BCUT2D eigenvalue weighted by Crippen LogP contribution is 2.26. The van der Waals surface area contributed by atoms with E-state index in [9.17, 15) is 0 Å². The fourth-order valence-electron chi connectivity index (χ4n) is 3.05. The maximum atomic E-state index is 4.33. The van der Waals surface area contributed by atoms with Crippen molar-refractivity contribution in [2.45, 2.75) is 25.9 Å². The van der Waals surface area contributed by atoms with Gasteiger partial charge in [0.2, 0.25) is 0 Å². The first-order valence-electron chi connectivity index (χ1n) is 7.89. The van der Waals surface area contributed by atoms with E-state index in [4.69, 9.17) is 0 Å². The van der Waals surface area contributed by atoms with Crippen LogP contribution in [-0.4, -0.2) is 34.3 Å². The average Bonchev–Trinajstić information content (AvgIpc) is 2.87. The van der Waals surface area contributed by atoms with E-state index in [1.807, 2.05) is 17.9 Å². The van der Waals surface area contributed by atoms with E-state index in [-0.39, 0.29) is 0 Å². The number of aryl methyl sites for hydroxylation is 2. The average molecular weight is 363 g/mol. The molecule has 1 aliphatic heterocycles. The molecule has 1 aliphatic rings. The van der Waals surface area contributed by atoms with E-state index in [1.165, 1.54) is 16.8 Å². The molecule has 1 saturated heterocycles. The molecule has 2 heterocycles. The Bertz CT molecular complexity index is 601. The number of hydrogen-bond donors (Lipinski definition) is 1. The molecule has 3 rings (SSSR count). The number of aromatic nitrogens is 2. The van der Waals surface area contributed by atoms with Crippen LogP contribution in [0, 0.1) is 0 Å². The molecule has 0 saturated carbocycles. The lowest BCUT2D eigenvalue weighted by Gasteiger charge is -2.36. The molecule has 0 spiro atoms. The van der Waals surface area contributed by atoms with E-state index in [0.717, 1.165) is 37.1 Å². The van der Waals surface area contributed by atoms with Crippen LogP contribution in [0.25, 0.3) is 0 Å². The third kappa shape index (κ3) is 3.26. The maximum absolute atomic E-state index is 4.33. The van der Waals surface area contributed by atoms with Crippen molar-refractivity contribution in [3.63, 3.8) is 0 Å². The van der Waals surface area contributed by atoms with Crippen LogP contribution in [0.5, 0.6) is 0 Å². The molecule has 0 radical (unpaired) electrons. The molecule has 1 aromatic carbocycles. The quantitative estimate of drug-likeness (QED) is 0.907. The summed E-state index contributed by atoms with van der Waals surface area (Å²) in [5.74, 6) is 0. The zero-order valence-corrected chi connectivity index (χ0v) is 14.8. The summed E-state index contributed by atoms with van der Waals surface area (Å²) >= 11 is 3.61. The van der Waals surface area contributed by atoms with Crippen LogP contribution in [0.1, 0.15) is 29.8 Å².